The molecule has 17 heavy (non-hydrogen) atoms. The summed E-state index contributed by atoms with van der Waals surface area (Å²) in [5.41, 5.74) is 1.56. The van der Waals surface area contributed by atoms with Crippen molar-refractivity contribution in [3.05, 3.63) is 12.2 Å². The smallest absolute Gasteiger partial charge is 0.0594 e. The fraction of sp³-hybridized carbons (Fsp3) is 0.857. The Balaban J connectivity index is 2.20. The van der Waals surface area contributed by atoms with Gasteiger partial charge in [-0.15, -0.1) is 0 Å². The summed E-state index contributed by atoms with van der Waals surface area (Å²) in [4.78, 5) is 2.65. The second kappa shape index (κ2) is 5.51. The quantitative estimate of drug-likeness (QED) is 0.756. The van der Waals surface area contributed by atoms with Crippen LogP contribution in [0.5, 0.6) is 0 Å². The molecule has 2 aliphatic rings. The zero-order valence-electron chi connectivity index (χ0n) is 11.3. The maximum Gasteiger partial charge on any atom is 0.0594 e. The predicted octanol–water partition coefficient (Wildman–Crippen LogP) is 1.80. The van der Waals surface area contributed by atoms with Gasteiger partial charge >= 0.3 is 0 Å². The van der Waals surface area contributed by atoms with Crippen LogP contribution in [-0.2, 0) is 4.74 Å². The van der Waals surface area contributed by atoms with Gasteiger partial charge in [0.25, 0.3) is 0 Å². The Bertz CT molecular complexity index is 265. The van der Waals surface area contributed by atoms with Crippen molar-refractivity contribution in [2.45, 2.75) is 44.2 Å². The van der Waals surface area contributed by atoms with E-state index in [1.807, 2.05) is 0 Å². The first kappa shape index (κ1) is 13.1. The second-order valence-corrected chi connectivity index (χ2v) is 5.48. The average molecular weight is 238 g/mol. The fourth-order valence-corrected chi connectivity index (χ4v) is 3.76. The maximum absolute atomic E-state index is 5.49. The molecule has 1 unspecified atom stereocenters. The Morgan fingerprint density at radius 3 is 2.35 bits per heavy atom. The predicted molar refractivity (Wildman–Crippen MR) is 71.3 cm³/mol. The molecule has 2 rings (SSSR count). The largest absolute Gasteiger partial charge is 0.379 e. The molecule has 0 amide bonds. The van der Waals surface area contributed by atoms with E-state index in [1.54, 1.807) is 0 Å². The molecule has 3 heteroatoms. The van der Waals surface area contributed by atoms with Crippen LogP contribution >= 0.6 is 0 Å². The third kappa shape index (κ3) is 2.42. The molecule has 0 spiro atoms. The van der Waals surface area contributed by atoms with E-state index in [-0.39, 0.29) is 0 Å². The van der Waals surface area contributed by atoms with Crippen molar-refractivity contribution < 1.29 is 4.74 Å². The van der Waals surface area contributed by atoms with E-state index in [1.165, 1.54) is 31.3 Å². The fourth-order valence-electron chi connectivity index (χ4n) is 3.76. The summed E-state index contributed by atoms with van der Waals surface area (Å²) < 4.78 is 5.49. The first-order valence-electron chi connectivity index (χ1n) is 6.86. The number of hydrogen-bond acceptors (Lipinski definition) is 3. The summed E-state index contributed by atoms with van der Waals surface area (Å²) in [5.74, 6) is 0. The van der Waals surface area contributed by atoms with Gasteiger partial charge in [-0.05, 0) is 26.8 Å². The molecule has 0 radical (unpaired) electrons. The zero-order valence-corrected chi connectivity index (χ0v) is 11.3. The van der Waals surface area contributed by atoms with E-state index in [0.717, 1.165) is 26.3 Å². The van der Waals surface area contributed by atoms with Gasteiger partial charge in [0.15, 0.2) is 0 Å². The second-order valence-electron chi connectivity index (χ2n) is 5.48. The van der Waals surface area contributed by atoms with E-state index in [9.17, 15) is 0 Å². The number of ether oxygens (including phenoxy) is 1. The standard InChI is InChI=1S/C14H26N2O/c1-12(2)13(15-3)14(6-4-5-7-14)16-8-10-17-11-9-16/h13,15H,1,4-11H2,2-3H3. The summed E-state index contributed by atoms with van der Waals surface area (Å²) in [6.07, 6.45) is 5.29. The minimum absolute atomic E-state index is 0.296. The van der Waals surface area contributed by atoms with Crippen LogP contribution in [0.4, 0.5) is 0 Å². The van der Waals surface area contributed by atoms with Crippen LogP contribution in [-0.4, -0.2) is 49.8 Å². The number of nitrogens with zero attached hydrogens (tertiary/aromatic N) is 1. The molecule has 3 nitrogen and oxygen atoms in total. The van der Waals surface area contributed by atoms with E-state index in [2.05, 4.69) is 30.8 Å². The molecular weight excluding hydrogens is 212 g/mol. The van der Waals surface area contributed by atoms with Crippen LogP contribution in [0.25, 0.3) is 0 Å². The molecule has 1 N–H and O–H groups in total. The lowest BCUT2D eigenvalue weighted by Gasteiger charge is -2.48. The highest BCUT2D eigenvalue weighted by atomic mass is 16.5. The zero-order chi connectivity index (χ0) is 12.3. The van der Waals surface area contributed by atoms with Crippen molar-refractivity contribution in [2.75, 3.05) is 33.4 Å². The molecule has 2 fully saturated rings. The molecule has 0 bridgehead atoms. The van der Waals surface area contributed by atoms with Gasteiger partial charge in [-0.1, -0.05) is 25.0 Å². The van der Waals surface area contributed by atoms with E-state index >= 15 is 0 Å². The van der Waals surface area contributed by atoms with Crippen molar-refractivity contribution in [3.63, 3.8) is 0 Å². The van der Waals surface area contributed by atoms with Crippen LogP contribution < -0.4 is 5.32 Å². The Morgan fingerprint density at radius 1 is 1.29 bits per heavy atom. The third-order valence-corrected chi connectivity index (χ3v) is 4.43. The number of likely N-dealkylation sites (N-methyl/N-ethyl adjacent to an activating group) is 1. The molecule has 0 aromatic rings. The van der Waals surface area contributed by atoms with Crippen molar-refractivity contribution in [1.29, 1.82) is 0 Å². The third-order valence-electron chi connectivity index (χ3n) is 4.43. The Morgan fingerprint density at radius 2 is 1.88 bits per heavy atom. The molecule has 1 atom stereocenters. The van der Waals surface area contributed by atoms with Crippen molar-refractivity contribution >= 4 is 0 Å². The van der Waals surface area contributed by atoms with Gasteiger partial charge in [-0.3, -0.25) is 4.90 Å². The van der Waals surface area contributed by atoms with E-state index in [4.69, 9.17) is 4.74 Å². The number of nitrogens with one attached hydrogen (secondary N) is 1. The van der Waals surface area contributed by atoms with Crippen LogP contribution in [0.15, 0.2) is 12.2 Å². The monoisotopic (exact) mass is 238 g/mol. The van der Waals surface area contributed by atoms with Gasteiger partial charge in [0.1, 0.15) is 0 Å². The van der Waals surface area contributed by atoms with Gasteiger partial charge in [-0.25, -0.2) is 0 Å². The summed E-state index contributed by atoms with van der Waals surface area (Å²) in [6.45, 7) is 10.3. The van der Waals surface area contributed by atoms with Crippen LogP contribution in [0.2, 0.25) is 0 Å². The molecule has 1 heterocycles. The molecule has 1 saturated carbocycles. The minimum Gasteiger partial charge on any atom is -0.379 e. The number of hydrogen-bond donors (Lipinski definition) is 1. The summed E-state index contributed by atoms with van der Waals surface area (Å²) >= 11 is 0. The summed E-state index contributed by atoms with van der Waals surface area (Å²) in [5, 5.41) is 3.50. The topological polar surface area (TPSA) is 24.5 Å². The molecule has 0 aromatic carbocycles. The van der Waals surface area contributed by atoms with Crippen molar-refractivity contribution in [2.24, 2.45) is 0 Å². The molecule has 98 valence electrons. The van der Waals surface area contributed by atoms with Gasteiger partial charge in [0, 0.05) is 24.7 Å². The van der Waals surface area contributed by atoms with Gasteiger partial charge in [0.2, 0.25) is 0 Å². The lowest BCUT2D eigenvalue weighted by molar-refractivity contribution is -0.0299. The van der Waals surface area contributed by atoms with E-state index < -0.39 is 0 Å². The summed E-state index contributed by atoms with van der Waals surface area (Å²) in [7, 11) is 2.07. The molecule has 1 aliphatic carbocycles. The maximum atomic E-state index is 5.49. The average Bonchev–Trinajstić information content (AvgIpc) is 2.81. The van der Waals surface area contributed by atoms with Gasteiger partial charge < -0.3 is 10.1 Å². The lowest BCUT2D eigenvalue weighted by atomic mass is 9.82. The Kier molecular flexibility index (Phi) is 4.23. The Hall–Kier alpha value is -0.380. The highest BCUT2D eigenvalue weighted by molar-refractivity contribution is 5.16. The first-order valence-corrected chi connectivity index (χ1v) is 6.86. The number of morpholine rings is 1. The summed E-state index contributed by atoms with van der Waals surface area (Å²) in [6, 6.07) is 0.420. The van der Waals surface area contributed by atoms with Crippen molar-refractivity contribution in [1.82, 2.24) is 10.2 Å². The SMILES string of the molecule is C=C(C)C(NC)C1(N2CCOCC2)CCCC1. The highest BCUT2D eigenvalue weighted by Gasteiger charge is 2.45. The molecule has 1 saturated heterocycles. The molecule has 0 aromatic heterocycles. The van der Waals surface area contributed by atoms with Crippen LogP contribution in [0.1, 0.15) is 32.6 Å². The molecular formula is C14H26N2O. The lowest BCUT2D eigenvalue weighted by Crippen LogP contribution is -2.62. The van der Waals surface area contributed by atoms with Gasteiger partial charge in [-0.2, -0.15) is 0 Å². The number of rotatable bonds is 4. The molecule has 1 aliphatic heterocycles. The van der Waals surface area contributed by atoms with Crippen LogP contribution in [0, 0.1) is 0 Å². The Labute approximate surface area is 105 Å². The van der Waals surface area contributed by atoms with E-state index in [0.29, 0.717) is 11.6 Å². The van der Waals surface area contributed by atoms with Crippen LogP contribution in [0.3, 0.4) is 0 Å². The highest BCUT2D eigenvalue weighted by Crippen LogP contribution is 2.40. The van der Waals surface area contributed by atoms with Gasteiger partial charge in [0.05, 0.1) is 13.2 Å². The first-order chi connectivity index (χ1) is 8.20. The van der Waals surface area contributed by atoms with Crippen molar-refractivity contribution in [3.8, 4) is 0 Å². The minimum atomic E-state index is 0.296. The normalized spacial score (nSPS) is 26.9.